The molecule has 0 bridgehead atoms. The molecule has 0 unspecified atom stereocenters. The van der Waals surface area contributed by atoms with Gasteiger partial charge < -0.3 is 19.2 Å². The van der Waals surface area contributed by atoms with Crippen LogP contribution in [-0.2, 0) is 14.3 Å². The Bertz CT molecular complexity index is 941. The first-order chi connectivity index (χ1) is 13.1. The van der Waals surface area contributed by atoms with E-state index in [0.29, 0.717) is 16.8 Å². The minimum Gasteiger partial charge on any atom is -0.462 e. The van der Waals surface area contributed by atoms with Crippen LogP contribution in [0.25, 0.3) is 11.0 Å². The summed E-state index contributed by atoms with van der Waals surface area (Å²) in [6.45, 7) is 1.54. The molecular formula is C20H17NO6. The van der Waals surface area contributed by atoms with Gasteiger partial charge in [-0.25, -0.2) is 9.59 Å². The fraction of sp³-hybridized carbons (Fsp3) is 0.150. The molecule has 0 atom stereocenters. The Morgan fingerprint density at radius 1 is 0.963 bits per heavy atom. The lowest BCUT2D eigenvalue weighted by Crippen LogP contribution is -2.20. The Labute approximate surface area is 154 Å². The summed E-state index contributed by atoms with van der Waals surface area (Å²) in [5, 5.41) is 3.35. The van der Waals surface area contributed by atoms with Crippen LogP contribution in [0, 0.1) is 0 Å². The summed E-state index contributed by atoms with van der Waals surface area (Å²) in [7, 11) is 0. The van der Waals surface area contributed by atoms with Crippen LogP contribution in [0.1, 0.15) is 27.8 Å². The van der Waals surface area contributed by atoms with E-state index in [4.69, 9.17) is 13.9 Å². The summed E-state index contributed by atoms with van der Waals surface area (Å²) in [5.74, 6) is -1.64. The average Bonchev–Trinajstić information content (AvgIpc) is 3.11. The van der Waals surface area contributed by atoms with Crippen LogP contribution in [0.15, 0.2) is 59.0 Å². The van der Waals surface area contributed by atoms with Crippen LogP contribution in [0.2, 0.25) is 0 Å². The van der Waals surface area contributed by atoms with Gasteiger partial charge in [-0.1, -0.05) is 18.2 Å². The van der Waals surface area contributed by atoms with Gasteiger partial charge in [-0.3, -0.25) is 4.79 Å². The van der Waals surface area contributed by atoms with E-state index in [1.54, 1.807) is 37.3 Å². The molecule has 0 aliphatic heterocycles. The molecule has 1 N–H and O–H groups in total. The van der Waals surface area contributed by atoms with Crippen molar-refractivity contribution in [2.45, 2.75) is 6.92 Å². The maximum Gasteiger partial charge on any atom is 0.374 e. The molecule has 1 amide bonds. The standard InChI is InChI=1S/C20H17NO6/c1-2-25-19(23)13-7-9-15(10-8-13)21-18(22)12-26-20(24)17-11-14-5-3-4-6-16(14)27-17/h3-11H,2,12H2,1H3,(H,21,22). The second-order valence-corrected chi connectivity index (χ2v) is 5.57. The number of esters is 2. The van der Waals surface area contributed by atoms with Crippen molar-refractivity contribution in [3.8, 4) is 0 Å². The zero-order valence-corrected chi connectivity index (χ0v) is 14.6. The third-order valence-corrected chi connectivity index (χ3v) is 3.64. The van der Waals surface area contributed by atoms with E-state index in [1.807, 2.05) is 12.1 Å². The number of anilines is 1. The first-order valence-electron chi connectivity index (χ1n) is 8.29. The molecule has 3 aromatic rings. The summed E-state index contributed by atoms with van der Waals surface area (Å²) < 4.78 is 15.2. The Morgan fingerprint density at radius 3 is 2.41 bits per heavy atom. The van der Waals surface area contributed by atoms with E-state index in [1.165, 1.54) is 12.1 Å². The zero-order chi connectivity index (χ0) is 19.2. The molecule has 0 aliphatic rings. The number of carbonyl (C=O) groups is 3. The molecule has 27 heavy (non-hydrogen) atoms. The van der Waals surface area contributed by atoms with Crippen LogP contribution in [-0.4, -0.2) is 31.1 Å². The number of benzene rings is 2. The monoisotopic (exact) mass is 367 g/mol. The van der Waals surface area contributed by atoms with Crippen molar-refractivity contribution in [2.75, 3.05) is 18.5 Å². The van der Waals surface area contributed by atoms with Crippen molar-refractivity contribution in [3.05, 3.63) is 65.9 Å². The van der Waals surface area contributed by atoms with E-state index in [9.17, 15) is 14.4 Å². The van der Waals surface area contributed by atoms with Gasteiger partial charge in [-0.2, -0.15) is 0 Å². The molecule has 0 fully saturated rings. The third kappa shape index (κ3) is 4.52. The van der Waals surface area contributed by atoms with Crippen LogP contribution >= 0.6 is 0 Å². The van der Waals surface area contributed by atoms with Gasteiger partial charge in [0.15, 0.2) is 6.61 Å². The number of ether oxygens (including phenoxy) is 2. The molecule has 138 valence electrons. The van der Waals surface area contributed by atoms with Gasteiger partial charge >= 0.3 is 11.9 Å². The van der Waals surface area contributed by atoms with Gasteiger partial charge in [-0.15, -0.1) is 0 Å². The molecule has 0 saturated carbocycles. The summed E-state index contributed by atoms with van der Waals surface area (Å²) in [6.07, 6.45) is 0. The molecule has 0 saturated heterocycles. The lowest BCUT2D eigenvalue weighted by Gasteiger charge is -2.07. The molecular weight excluding hydrogens is 350 g/mol. The van der Waals surface area contributed by atoms with Crippen molar-refractivity contribution in [1.29, 1.82) is 0 Å². The van der Waals surface area contributed by atoms with Crippen LogP contribution in [0.3, 0.4) is 0 Å². The lowest BCUT2D eigenvalue weighted by molar-refractivity contribution is -0.119. The van der Waals surface area contributed by atoms with Crippen LogP contribution in [0.4, 0.5) is 5.69 Å². The maximum atomic E-state index is 12.0. The Hall–Kier alpha value is -3.61. The predicted octanol–water partition coefficient (Wildman–Crippen LogP) is 3.41. The number of fused-ring (bicyclic) bond motifs is 1. The number of furan rings is 1. The van der Waals surface area contributed by atoms with Crippen molar-refractivity contribution < 1.29 is 28.3 Å². The molecule has 1 aromatic heterocycles. The van der Waals surface area contributed by atoms with Crippen molar-refractivity contribution in [3.63, 3.8) is 0 Å². The van der Waals surface area contributed by atoms with E-state index >= 15 is 0 Å². The number of hydrogen-bond acceptors (Lipinski definition) is 6. The summed E-state index contributed by atoms with van der Waals surface area (Å²) in [6, 6.07) is 14.9. The molecule has 0 radical (unpaired) electrons. The minimum atomic E-state index is -0.723. The summed E-state index contributed by atoms with van der Waals surface area (Å²) >= 11 is 0. The number of nitrogens with one attached hydrogen (secondary N) is 1. The highest BCUT2D eigenvalue weighted by atomic mass is 16.5. The number of para-hydroxylation sites is 1. The van der Waals surface area contributed by atoms with Crippen LogP contribution in [0.5, 0.6) is 0 Å². The van der Waals surface area contributed by atoms with E-state index in [-0.39, 0.29) is 12.4 Å². The van der Waals surface area contributed by atoms with E-state index in [0.717, 1.165) is 5.39 Å². The highest BCUT2D eigenvalue weighted by Crippen LogP contribution is 2.19. The number of amides is 1. The van der Waals surface area contributed by atoms with Gasteiger partial charge in [0.1, 0.15) is 5.58 Å². The summed E-state index contributed by atoms with van der Waals surface area (Å²) in [4.78, 5) is 35.5. The predicted molar refractivity (Wildman–Crippen MR) is 97.5 cm³/mol. The zero-order valence-electron chi connectivity index (χ0n) is 14.6. The largest absolute Gasteiger partial charge is 0.462 e. The highest BCUT2D eigenvalue weighted by Gasteiger charge is 2.15. The van der Waals surface area contributed by atoms with Gasteiger partial charge in [0.2, 0.25) is 5.76 Å². The molecule has 1 heterocycles. The Morgan fingerprint density at radius 2 is 1.70 bits per heavy atom. The smallest absolute Gasteiger partial charge is 0.374 e. The normalized spacial score (nSPS) is 10.4. The maximum absolute atomic E-state index is 12.0. The third-order valence-electron chi connectivity index (χ3n) is 3.64. The van der Waals surface area contributed by atoms with Crippen LogP contribution < -0.4 is 5.32 Å². The minimum absolute atomic E-state index is 0.0304. The van der Waals surface area contributed by atoms with Gasteiger partial charge in [0, 0.05) is 11.1 Å². The fourth-order valence-electron chi connectivity index (χ4n) is 2.39. The van der Waals surface area contributed by atoms with Gasteiger partial charge in [0.25, 0.3) is 5.91 Å². The average molecular weight is 367 g/mol. The first kappa shape index (κ1) is 18.2. The molecule has 0 aliphatic carbocycles. The quantitative estimate of drug-likeness (QED) is 0.671. The molecule has 0 spiro atoms. The molecule has 7 heteroatoms. The van der Waals surface area contributed by atoms with E-state index < -0.39 is 24.5 Å². The second kappa shape index (κ2) is 8.18. The second-order valence-electron chi connectivity index (χ2n) is 5.57. The SMILES string of the molecule is CCOC(=O)c1ccc(NC(=O)COC(=O)c2cc3ccccc3o2)cc1. The topological polar surface area (TPSA) is 94.8 Å². The number of rotatable bonds is 6. The number of carbonyl (C=O) groups excluding carboxylic acids is 3. The first-order valence-corrected chi connectivity index (χ1v) is 8.29. The Balaban J connectivity index is 1.53. The van der Waals surface area contributed by atoms with E-state index in [2.05, 4.69) is 5.32 Å². The summed E-state index contributed by atoms with van der Waals surface area (Å²) in [5.41, 5.74) is 1.41. The van der Waals surface area contributed by atoms with Gasteiger partial charge in [0.05, 0.1) is 12.2 Å². The van der Waals surface area contributed by atoms with Crippen molar-refractivity contribution >= 4 is 34.5 Å². The molecule has 3 rings (SSSR count). The molecule has 2 aromatic carbocycles. The van der Waals surface area contributed by atoms with Gasteiger partial charge in [-0.05, 0) is 43.3 Å². The van der Waals surface area contributed by atoms with Crippen molar-refractivity contribution in [1.82, 2.24) is 0 Å². The lowest BCUT2D eigenvalue weighted by atomic mass is 10.2. The Kier molecular flexibility index (Phi) is 5.51. The highest BCUT2D eigenvalue weighted by molar-refractivity contribution is 5.97. The molecule has 7 nitrogen and oxygen atoms in total. The number of hydrogen-bond donors (Lipinski definition) is 1. The fourth-order valence-corrected chi connectivity index (χ4v) is 2.39. The van der Waals surface area contributed by atoms with Crippen molar-refractivity contribution in [2.24, 2.45) is 0 Å².